The van der Waals surface area contributed by atoms with Gasteiger partial charge in [-0.3, -0.25) is 0 Å². The first-order valence-electron chi connectivity index (χ1n) is 5.63. The normalized spacial score (nSPS) is 31.0. The second kappa shape index (κ2) is 4.19. The number of nitrogens with one attached hydrogen (secondary N) is 1. The number of para-hydroxylation sites is 1. The van der Waals surface area contributed by atoms with E-state index in [1.54, 1.807) is 0 Å². The lowest BCUT2D eigenvalue weighted by Crippen LogP contribution is -2.43. The number of fused-ring (bicyclic) bond motifs is 1. The highest BCUT2D eigenvalue weighted by Gasteiger charge is 2.41. The number of benzene rings is 1. The van der Waals surface area contributed by atoms with E-state index in [9.17, 15) is 0 Å². The molecule has 1 aromatic rings. The molecule has 1 nitrogen and oxygen atoms in total. The summed E-state index contributed by atoms with van der Waals surface area (Å²) in [6.45, 7) is 0. The van der Waals surface area contributed by atoms with Crippen molar-refractivity contribution in [1.29, 1.82) is 0 Å². The van der Waals surface area contributed by atoms with Gasteiger partial charge in [0.25, 0.3) is 0 Å². The highest BCUT2D eigenvalue weighted by Crippen LogP contribution is 2.45. The zero-order valence-electron chi connectivity index (χ0n) is 8.79. The average Bonchev–Trinajstić information content (AvgIpc) is 2.59. The Bertz CT molecular complexity index is 421. The zero-order valence-corrected chi connectivity index (χ0v) is 12.0. The van der Waals surface area contributed by atoms with Crippen molar-refractivity contribution in [3.8, 4) is 0 Å². The van der Waals surface area contributed by atoms with Gasteiger partial charge in [0, 0.05) is 20.9 Å². The van der Waals surface area contributed by atoms with E-state index in [0.717, 1.165) is 20.8 Å². The zero-order chi connectivity index (χ0) is 11.1. The molecule has 0 aliphatic heterocycles. The second-order valence-corrected chi connectivity index (χ2v) is 6.29. The maximum absolute atomic E-state index is 3.64. The molecule has 0 bridgehead atoms. The van der Waals surface area contributed by atoms with Gasteiger partial charge in [-0.05, 0) is 62.8 Å². The van der Waals surface area contributed by atoms with Crippen molar-refractivity contribution in [3.63, 3.8) is 0 Å². The van der Waals surface area contributed by atoms with Gasteiger partial charge in [0.15, 0.2) is 0 Å². The van der Waals surface area contributed by atoms with Gasteiger partial charge in [-0.2, -0.15) is 0 Å². The summed E-state index contributed by atoms with van der Waals surface area (Å²) in [7, 11) is 0. The van der Waals surface area contributed by atoms with Crippen LogP contribution in [0.3, 0.4) is 0 Å². The Hall–Kier alpha value is -0.280. The minimum absolute atomic E-state index is 0.610. The van der Waals surface area contributed by atoms with Crippen LogP contribution in [0.5, 0.6) is 0 Å². The lowest BCUT2D eigenvalue weighted by molar-refractivity contribution is 0.218. The first kappa shape index (κ1) is 10.8. The molecule has 0 saturated heterocycles. The summed E-state index contributed by atoms with van der Waals surface area (Å²) in [5, 5.41) is 3.64. The van der Waals surface area contributed by atoms with Crippen molar-refractivity contribution in [2.75, 3.05) is 5.32 Å². The first-order chi connectivity index (χ1) is 7.75. The van der Waals surface area contributed by atoms with Crippen LogP contribution in [0, 0.1) is 11.8 Å². The van der Waals surface area contributed by atoms with E-state index >= 15 is 0 Å². The van der Waals surface area contributed by atoms with Crippen LogP contribution in [0.15, 0.2) is 39.3 Å². The van der Waals surface area contributed by atoms with Gasteiger partial charge in [0.2, 0.25) is 0 Å². The fourth-order valence-corrected chi connectivity index (χ4v) is 3.93. The molecule has 1 fully saturated rings. The van der Waals surface area contributed by atoms with Crippen LogP contribution >= 0.6 is 31.9 Å². The van der Waals surface area contributed by atoms with E-state index in [0.29, 0.717) is 6.04 Å². The first-order valence-corrected chi connectivity index (χ1v) is 7.21. The molecule has 3 atom stereocenters. The molecule has 84 valence electrons. The van der Waals surface area contributed by atoms with Crippen molar-refractivity contribution >= 4 is 37.5 Å². The maximum atomic E-state index is 3.64. The maximum Gasteiger partial charge on any atom is 0.0631 e. The molecule has 3 heteroatoms. The number of hydrogen-bond acceptors (Lipinski definition) is 1. The summed E-state index contributed by atoms with van der Waals surface area (Å²) in [6.07, 6.45) is 7.27. The third-order valence-electron chi connectivity index (χ3n) is 3.66. The van der Waals surface area contributed by atoms with E-state index in [1.165, 1.54) is 18.5 Å². The van der Waals surface area contributed by atoms with Gasteiger partial charge in [0.05, 0.1) is 5.69 Å². The predicted molar refractivity (Wildman–Crippen MR) is 74.6 cm³/mol. The van der Waals surface area contributed by atoms with Crippen molar-refractivity contribution < 1.29 is 0 Å². The average molecular weight is 343 g/mol. The topological polar surface area (TPSA) is 12.0 Å². The summed E-state index contributed by atoms with van der Waals surface area (Å²) < 4.78 is 2.26. The van der Waals surface area contributed by atoms with Crippen LogP contribution in [0.4, 0.5) is 5.69 Å². The van der Waals surface area contributed by atoms with E-state index in [-0.39, 0.29) is 0 Å². The lowest BCUT2D eigenvalue weighted by Gasteiger charge is -2.41. The molecule has 3 rings (SSSR count). The molecule has 1 saturated carbocycles. The SMILES string of the molecule is Brc1cccc(Br)c1NC1CC2CC=CC21. The standard InChI is InChI=1S/C13H13Br2N/c14-10-5-2-6-11(15)13(10)16-12-7-8-3-1-4-9(8)12/h1-2,4-6,8-9,12,16H,3,7H2. The third-order valence-corrected chi connectivity index (χ3v) is 4.98. The van der Waals surface area contributed by atoms with Crippen molar-refractivity contribution in [2.24, 2.45) is 11.8 Å². The van der Waals surface area contributed by atoms with Gasteiger partial charge >= 0.3 is 0 Å². The minimum Gasteiger partial charge on any atom is -0.380 e. The molecule has 2 aliphatic rings. The van der Waals surface area contributed by atoms with Crippen LogP contribution in [0.2, 0.25) is 0 Å². The summed E-state index contributed by atoms with van der Waals surface area (Å²) in [5.74, 6) is 1.65. The summed E-state index contributed by atoms with van der Waals surface area (Å²) in [6, 6.07) is 6.80. The molecule has 2 aliphatic carbocycles. The van der Waals surface area contributed by atoms with Crippen molar-refractivity contribution in [2.45, 2.75) is 18.9 Å². The highest BCUT2D eigenvalue weighted by atomic mass is 79.9. The Morgan fingerprint density at radius 2 is 1.94 bits per heavy atom. The molecule has 0 heterocycles. The smallest absolute Gasteiger partial charge is 0.0631 e. The summed E-state index contributed by atoms with van der Waals surface area (Å²) in [4.78, 5) is 0. The third kappa shape index (κ3) is 1.74. The number of allylic oxidation sites excluding steroid dienone is 1. The van der Waals surface area contributed by atoms with Gasteiger partial charge in [-0.15, -0.1) is 0 Å². The number of anilines is 1. The van der Waals surface area contributed by atoms with Crippen LogP contribution < -0.4 is 5.32 Å². The molecule has 0 amide bonds. The fraction of sp³-hybridized carbons (Fsp3) is 0.385. The Morgan fingerprint density at radius 1 is 1.19 bits per heavy atom. The van der Waals surface area contributed by atoms with Gasteiger partial charge < -0.3 is 5.32 Å². The van der Waals surface area contributed by atoms with E-state index in [1.807, 2.05) is 6.07 Å². The molecular weight excluding hydrogens is 330 g/mol. The van der Waals surface area contributed by atoms with Gasteiger partial charge in [-0.25, -0.2) is 0 Å². The largest absolute Gasteiger partial charge is 0.380 e. The van der Waals surface area contributed by atoms with Crippen LogP contribution in [0.25, 0.3) is 0 Å². The molecule has 0 radical (unpaired) electrons. The Morgan fingerprint density at radius 3 is 2.62 bits per heavy atom. The minimum atomic E-state index is 0.610. The Kier molecular flexibility index (Phi) is 2.84. The van der Waals surface area contributed by atoms with Crippen LogP contribution in [0.1, 0.15) is 12.8 Å². The van der Waals surface area contributed by atoms with Crippen LogP contribution in [-0.2, 0) is 0 Å². The number of halogens is 2. The Balaban J connectivity index is 1.77. The predicted octanol–water partition coefficient (Wildman–Crippen LogP) is 4.59. The Labute approximate surface area is 113 Å². The van der Waals surface area contributed by atoms with E-state index in [2.05, 4.69) is 61.5 Å². The van der Waals surface area contributed by atoms with Gasteiger partial charge in [0.1, 0.15) is 0 Å². The molecule has 0 spiro atoms. The van der Waals surface area contributed by atoms with Crippen molar-refractivity contribution in [3.05, 3.63) is 39.3 Å². The van der Waals surface area contributed by atoms with E-state index < -0.39 is 0 Å². The number of hydrogen-bond donors (Lipinski definition) is 1. The highest BCUT2D eigenvalue weighted by molar-refractivity contribution is 9.11. The lowest BCUT2D eigenvalue weighted by atomic mass is 9.71. The van der Waals surface area contributed by atoms with Gasteiger partial charge in [-0.1, -0.05) is 18.2 Å². The molecule has 3 unspecified atom stereocenters. The monoisotopic (exact) mass is 341 g/mol. The molecular formula is C13H13Br2N. The molecule has 1 N–H and O–H groups in total. The molecule has 0 aromatic heterocycles. The van der Waals surface area contributed by atoms with Crippen LogP contribution in [-0.4, -0.2) is 6.04 Å². The molecule has 1 aromatic carbocycles. The molecule has 16 heavy (non-hydrogen) atoms. The van der Waals surface area contributed by atoms with E-state index in [4.69, 9.17) is 0 Å². The summed E-state index contributed by atoms with van der Waals surface area (Å²) >= 11 is 7.18. The number of rotatable bonds is 2. The van der Waals surface area contributed by atoms with Crippen molar-refractivity contribution in [1.82, 2.24) is 0 Å². The second-order valence-electron chi connectivity index (χ2n) is 4.58. The quantitative estimate of drug-likeness (QED) is 0.775. The fourth-order valence-electron chi connectivity index (χ4n) is 2.70. The summed E-state index contributed by atoms with van der Waals surface area (Å²) in [5.41, 5.74) is 1.19.